The molecule has 2 unspecified atom stereocenters. The van der Waals surface area contributed by atoms with E-state index in [2.05, 4.69) is 0 Å². The van der Waals surface area contributed by atoms with Crippen LogP contribution in [-0.4, -0.2) is 27.2 Å². The van der Waals surface area contributed by atoms with E-state index in [1.807, 2.05) is 0 Å². The Morgan fingerprint density at radius 1 is 1.29 bits per heavy atom. The molecule has 17 heavy (non-hydrogen) atoms. The fourth-order valence-electron chi connectivity index (χ4n) is 4.86. The lowest BCUT2D eigenvalue weighted by molar-refractivity contribution is -0.157. The largest absolute Gasteiger partial charge is 0.469 e. The van der Waals surface area contributed by atoms with Gasteiger partial charge < -0.3 is 4.74 Å². The van der Waals surface area contributed by atoms with Gasteiger partial charge >= 0.3 is 5.97 Å². The van der Waals surface area contributed by atoms with E-state index in [-0.39, 0.29) is 11.7 Å². The summed E-state index contributed by atoms with van der Waals surface area (Å²) in [6.07, 6.45) is 3.21. The first kappa shape index (κ1) is 11.8. The summed E-state index contributed by atoms with van der Waals surface area (Å²) in [5, 5.41) is 0. The van der Waals surface area contributed by atoms with Crippen LogP contribution in [0.5, 0.6) is 0 Å². The summed E-state index contributed by atoms with van der Waals surface area (Å²) in [6.45, 7) is 0. The first-order chi connectivity index (χ1) is 7.82. The topological polar surface area (TPSA) is 60.4 Å². The number of hydrogen-bond donors (Lipinski definition) is 0. The van der Waals surface area contributed by atoms with Crippen molar-refractivity contribution in [1.29, 1.82) is 0 Å². The van der Waals surface area contributed by atoms with Crippen molar-refractivity contribution in [2.24, 2.45) is 22.7 Å². The molecule has 4 saturated carbocycles. The van der Waals surface area contributed by atoms with E-state index in [0.717, 1.165) is 25.7 Å². The van der Waals surface area contributed by atoms with Crippen LogP contribution in [0.15, 0.2) is 0 Å². The molecule has 4 nitrogen and oxygen atoms in total. The van der Waals surface area contributed by atoms with Gasteiger partial charge in [-0.25, -0.2) is 8.42 Å². The molecule has 0 aliphatic heterocycles. The molecular weight excluding hydrogens is 264 g/mol. The quantitative estimate of drug-likeness (QED) is 0.580. The van der Waals surface area contributed by atoms with Gasteiger partial charge in [-0.2, -0.15) is 0 Å². The number of rotatable bonds is 3. The molecule has 4 aliphatic rings. The predicted octanol–water partition coefficient (Wildman–Crippen LogP) is 1.53. The fraction of sp³-hybridized carbons (Fsp3) is 0.909. The van der Waals surface area contributed by atoms with Gasteiger partial charge in [-0.15, -0.1) is 0 Å². The van der Waals surface area contributed by atoms with Gasteiger partial charge in [0.25, 0.3) is 0 Å². The zero-order chi connectivity index (χ0) is 12.5. The maximum atomic E-state index is 12.1. The number of methoxy groups -OCH3 is 1. The van der Waals surface area contributed by atoms with Crippen LogP contribution in [0.25, 0.3) is 0 Å². The van der Waals surface area contributed by atoms with Gasteiger partial charge in [0.05, 0.1) is 18.3 Å². The Hall–Kier alpha value is -0.290. The zero-order valence-electron chi connectivity index (χ0n) is 9.61. The minimum atomic E-state index is -3.57. The molecule has 4 aliphatic carbocycles. The van der Waals surface area contributed by atoms with E-state index in [1.54, 1.807) is 0 Å². The molecular formula is C11H15ClO4S. The highest BCUT2D eigenvalue weighted by Crippen LogP contribution is 2.77. The van der Waals surface area contributed by atoms with Crippen LogP contribution in [-0.2, 0) is 18.6 Å². The van der Waals surface area contributed by atoms with Crippen LogP contribution in [0, 0.1) is 22.7 Å². The van der Waals surface area contributed by atoms with E-state index < -0.39 is 19.9 Å². The summed E-state index contributed by atoms with van der Waals surface area (Å²) >= 11 is 0. The molecule has 4 fully saturated rings. The van der Waals surface area contributed by atoms with Crippen LogP contribution >= 0.6 is 10.7 Å². The van der Waals surface area contributed by atoms with Gasteiger partial charge in [0, 0.05) is 16.1 Å². The van der Waals surface area contributed by atoms with Gasteiger partial charge in [0.1, 0.15) is 0 Å². The van der Waals surface area contributed by atoms with E-state index in [9.17, 15) is 13.2 Å². The van der Waals surface area contributed by atoms with E-state index in [0.29, 0.717) is 11.8 Å². The highest BCUT2D eigenvalue weighted by Gasteiger charge is 2.75. The summed E-state index contributed by atoms with van der Waals surface area (Å²) in [7, 11) is 3.22. The second-order valence-corrected chi connectivity index (χ2v) is 8.65. The van der Waals surface area contributed by atoms with Crippen LogP contribution in [0.2, 0.25) is 0 Å². The lowest BCUT2D eigenvalue weighted by Gasteiger charge is -2.37. The van der Waals surface area contributed by atoms with Gasteiger partial charge in [-0.05, 0) is 37.5 Å². The molecule has 0 amide bonds. The van der Waals surface area contributed by atoms with Crippen molar-refractivity contribution >= 4 is 25.7 Å². The van der Waals surface area contributed by atoms with Gasteiger partial charge in [-0.3, -0.25) is 4.79 Å². The van der Waals surface area contributed by atoms with Crippen molar-refractivity contribution in [3.05, 3.63) is 0 Å². The number of esters is 1. The predicted molar refractivity (Wildman–Crippen MR) is 62.0 cm³/mol. The average molecular weight is 279 g/mol. The Labute approximate surface area is 105 Å². The Kier molecular flexibility index (Phi) is 2.20. The third-order valence-corrected chi connectivity index (χ3v) is 6.46. The minimum Gasteiger partial charge on any atom is -0.469 e. The van der Waals surface area contributed by atoms with Crippen LogP contribution in [0.4, 0.5) is 0 Å². The van der Waals surface area contributed by atoms with Crippen molar-refractivity contribution in [2.75, 3.05) is 12.9 Å². The number of carbonyl (C=O) groups excluding carboxylic acids is 1. The maximum absolute atomic E-state index is 12.1. The van der Waals surface area contributed by atoms with E-state index >= 15 is 0 Å². The van der Waals surface area contributed by atoms with Gasteiger partial charge in [0.15, 0.2) is 0 Å². The Bertz CT molecular complexity index is 470. The second-order valence-electron chi connectivity index (χ2n) is 5.87. The van der Waals surface area contributed by atoms with Crippen molar-refractivity contribution in [2.45, 2.75) is 25.7 Å². The summed E-state index contributed by atoms with van der Waals surface area (Å²) in [4.78, 5) is 12.1. The average Bonchev–Trinajstić information content (AvgIpc) is 2.82. The second kappa shape index (κ2) is 3.18. The van der Waals surface area contributed by atoms with Crippen LogP contribution in [0.3, 0.4) is 0 Å². The summed E-state index contributed by atoms with van der Waals surface area (Å²) < 4.78 is 27.7. The van der Waals surface area contributed by atoms with E-state index in [4.69, 9.17) is 15.4 Å². The Balaban J connectivity index is 2.03. The van der Waals surface area contributed by atoms with Crippen molar-refractivity contribution < 1.29 is 17.9 Å². The highest BCUT2D eigenvalue weighted by molar-refractivity contribution is 8.13. The first-order valence-electron chi connectivity index (χ1n) is 5.83. The molecule has 6 heteroatoms. The van der Waals surface area contributed by atoms with Crippen molar-refractivity contribution in [3.63, 3.8) is 0 Å². The molecule has 0 radical (unpaired) electrons. The summed E-state index contributed by atoms with van der Waals surface area (Å²) in [6, 6.07) is 0. The van der Waals surface area contributed by atoms with Crippen molar-refractivity contribution in [1.82, 2.24) is 0 Å². The zero-order valence-corrected chi connectivity index (χ0v) is 11.2. The number of halogens is 1. The summed E-state index contributed by atoms with van der Waals surface area (Å²) in [5.74, 6) is 0.671. The van der Waals surface area contributed by atoms with E-state index in [1.165, 1.54) is 7.11 Å². The molecule has 0 aromatic carbocycles. The van der Waals surface area contributed by atoms with Gasteiger partial charge in [0.2, 0.25) is 9.05 Å². The lowest BCUT2D eigenvalue weighted by atomic mass is 9.69. The maximum Gasteiger partial charge on any atom is 0.312 e. The summed E-state index contributed by atoms with van der Waals surface area (Å²) in [5.41, 5.74) is -1.02. The van der Waals surface area contributed by atoms with Crippen molar-refractivity contribution in [3.8, 4) is 0 Å². The molecule has 2 atom stereocenters. The molecule has 0 aromatic heterocycles. The molecule has 0 heterocycles. The molecule has 96 valence electrons. The number of carbonyl (C=O) groups is 1. The molecule has 4 bridgehead atoms. The minimum absolute atomic E-state index is 0.0797. The SMILES string of the molecule is COC(=O)C12CC3CC1(CS(=O)(=O)Cl)CC3C2. The smallest absolute Gasteiger partial charge is 0.312 e. The van der Waals surface area contributed by atoms with Crippen LogP contribution < -0.4 is 0 Å². The standard InChI is InChI=1S/C11H15ClO4S/c1-16-9(13)11-4-7-2-10(11,3-8(7)5-11)6-17(12,14)15/h7-8H,2-6H2,1H3. The fourth-order valence-corrected chi connectivity index (χ4v) is 6.66. The Morgan fingerprint density at radius 2 is 1.82 bits per heavy atom. The molecule has 0 saturated heterocycles. The molecule has 0 spiro atoms. The third kappa shape index (κ3) is 1.35. The first-order valence-corrected chi connectivity index (χ1v) is 8.31. The lowest BCUT2D eigenvalue weighted by Crippen LogP contribution is -2.44. The van der Waals surface area contributed by atoms with Crippen LogP contribution in [0.1, 0.15) is 25.7 Å². The highest BCUT2D eigenvalue weighted by atomic mass is 35.7. The van der Waals surface area contributed by atoms with Gasteiger partial charge in [-0.1, -0.05) is 0 Å². The molecule has 4 rings (SSSR count). The molecule has 0 N–H and O–H groups in total. The molecule has 0 aromatic rings. The Morgan fingerprint density at radius 3 is 2.24 bits per heavy atom. The monoisotopic (exact) mass is 278 g/mol. The third-order valence-electron chi connectivity index (χ3n) is 5.23. The normalized spacial score (nSPS) is 46.7. The number of hydrogen-bond acceptors (Lipinski definition) is 4. The number of ether oxygens (including phenoxy) is 1.